The first-order chi connectivity index (χ1) is 11.9. The summed E-state index contributed by atoms with van der Waals surface area (Å²) >= 11 is 0. The van der Waals surface area contributed by atoms with Crippen LogP contribution >= 0.6 is 0 Å². The van der Waals surface area contributed by atoms with Crippen LogP contribution in [0.3, 0.4) is 0 Å². The van der Waals surface area contributed by atoms with Gasteiger partial charge in [-0.25, -0.2) is 13.1 Å². The molecule has 0 unspecified atom stereocenters. The highest BCUT2D eigenvalue weighted by Gasteiger charge is 2.28. The lowest BCUT2D eigenvalue weighted by molar-refractivity contribution is 0.0934. The largest absolute Gasteiger partial charge is 0.474 e. The molecule has 3 heterocycles. The average molecular weight is 375 g/mol. The van der Waals surface area contributed by atoms with E-state index in [1.165, 1.54) is 8.99 Å². The summed E-state index contributed by atoms with van der Waals surface area (Å²) in [5, 5.41) is 6.56. The molecule has 1 aromatic rings. The summed E-state index contributed by atoms with van der Waals surface area (Å²) in [7, 11) is -3.15. The summed E-state index contributed by atoms with van der Waals surface area (Å²) < 4.78 is 45.6. The van der Waals surface area contributed by atoms with Gasteiger partial charge < -0.3 is 10.1 Å². The number of carbonyl (C=O) groups excluding carboxylic acids is 1. The van der Waals surface area contributed by atoms with Gasteiger partial charge in [-0.05, 0) is 6.92 Å². The van der Waals surface area contributed by atoms with Crippen LogP contribution < -0.4 is 10.1 Å². The lowest BCUT2D eigenvalue weighted by Crippen LogP contribution is -2.50. The fourth-order valence-corrected chi connectivity index (χ4v) is 4.00. The van der Waals surface area contributed by atoms with Gasteiger partial charge >= 0.3 is 0 Å². The Morgan fingerprint density at radius 3 is 2.64 bits per heavy atom. The monoisotopic (exact) mass is 375 g/mol. The Bertz CT molecular complexity index is 743. The SMILES string of the molecule is CCS(=O)(=O)N1CCN(CCNC(=O)c2nn3c(c2F)OCC3)CC1. The van der Waals surface area contributed by atoms with E-state index in [4.69, 9.17) is 4.74 Å². The number of carbonyl (C=O) groups is 1. The maximum atomic E-state index is 14.0. The molecule has 0 spiro atoms. The number of hydrogen-bond donors (Lipinski definition) is 1. The molecule has 1 aromatic heterocycles. The fourth-order valence-electron chi connectivity index (χ4n) is 2.91. The number of nitrogens with one attached hydrogen (secondary N) is 1. The Balaban J connectivity index is 1.44. The van der Waals surface area contributed by atoms with Crippen LogP contribution in [0, 0.1) is 5.82 Å². The number of piperazine rings is 1. The lowest BCUT2D eigenvalue weighted by Gasteiger charge is -2.33. The van der Waals surface area contributed by atoms with Crippen molar-refractivity contribution >= 4 is 15.9 Å². The van der Waals surface area contributed by atoms with Gasteiger partial charge in [-0.2, -0.15) is 13.8 Å². The summed E-state index contributed by atoms with van der Waals surface area (Å²) in [6.07, 6.45) is 0. The number of fused-ring (bicyclic) bond motifs is 1. The molecule has 1 saturated heterocycles. The van der Waals surface area contributed by atoms with Gasteiger partial charge in [-0.15, -0.1) is 0 Å². The van der Waals surface area contributed by atoms with Crippen LogP contribution in [0.25, 0.3) is 0 Å². The van der Waals surface area contributed by atoms with E-state index in [-0.39, 0.29) is 17.3 Å². The van der Waals surface area contributed by atoms with Crippen molar-refractivity contribution in [3.05, 3.63) is 11.5 Å². The molecule has 1 fully saturated rings. The van der Waals surface area contributed by atoms with Crippen molar-refractivity contribution in [2.45, 2.75) is 13.5 Å². The maximum Gasteiger partial charge on any atom is 0.275 e. The molecule has 11 heteroatoms. The van der Waals surface area contributed by atoms with Crippen LogP contribution in [0.15, 0.2) is 0 Å². The molecule has 140 valence electrons. The summed E-state index contributed by atoms with van der Waals surface area (Å²) in [6, 6.07) is 0. The predicted molar refractivity (Wildman–Crippen MR) is 87.5 cm³/mol. The number of ether oxygens (including phenoxy) is 1. The topological polar surface area (TPSA) is 96.8 Å². The first kappa shape index (κ1) is 18.1. The van der Waals surface area contributed by atoms with Crippen LogP contribution in [0.2, 0.25) is 0 Å². The highest BCUT2D eigenvalue weighted by molar-refractivity contribution is 7.89. The zero-order valence-corrected chi connectivity index (χ0v) is 14.9. The van der Waals surface area contributed by atoms with Gasteiger partial charge in [0, 0.05) is 39.3 Å². The Morgan fingerprint density at radius 2 is 2.00 bits per heavy atom. The van der Waals surface area contributed by atoms with Crippen molar-refractivity contribution in [1.29, 1.82) is 0 Å². The van der Waals surface area contributed by atoms with Crippen molar-refractivity contribution in [3.8, 4) is 5.88 Å². The molecule has 1 amide bonds. The molecule has 0 aromatic carbocycles. The molecule has 9 nitrogen and oxygen atoms in total. The molecule has 1 N–H and O–H groups in total. The fraction of sp³-hybridized carbons (Fsp3) is 0.714. The van der Waals surface area contributed by atoms with Gasteiger partial charge in [-0.1, -0.05) is 0 Å². The number of aromatic nitrogens is 2. The molecular weight excluding hydrogens is 353 g/mol. The normalized spacial score (nSPS) is 18.8. The third-order valence-corrected chi connectivity index (χ3v) is 6.29. The number of rotatable bonds is 6. The van der Waals surface area contributed by atoms with Crippen LogP contribution in [0.5, 0.6) is 5.88 Å². The van der Waals surface area contributed by atoms with Crippen molar-refractivity contribution < 1.29 is 22.3 Å². The third kappa shape index (κ3) is 3.77. The Hall–Kier alpha value is -1.72. The van der Waals surface area contributed by atoms with E-state index in [1.807, 2.05) is 0 Å². The molecule has 3 rings (SSSR count). The molecule has 0 aliphatic carbocycles. The molecule has 0 bridgehead atoms. The number of halogens is 1. The van der Waals surface area contributed by atoms with Gasteiger partial charge in [0.1, 0.15) is 6.61 Å². The highest BCUT2D eigenvalue weighted by Crippen LogP contribution is 2.24. The molecule has 0 atom stereocenters. The summed E-state index contributed by atoms with van der Waals surface area (Å²) in [6.45, 7) is 5.44. The summed E-state index contributed by atoms with van der Waals surface area (Å²) in [5.41, 5.74) is -0.256. The minimum absolute atomic E-state index is 0.0124. The Morgan fingerprint density at radius 1 is 1.28 bits per heavy atom. The van der Waals surface area contributed by atoms with Gasteiger partial charge in [0.15, 0.2) is 5.69 Å². The predicted octanol–water partition coefficient (Wildman–Crippen LogP) is -0.888. The second kappa shape index (κ2) is 7.26. The molecular formula is C14H22FN5O4S. The standard InChI is InChI=1S/C14H22FN5O4S/c1-2-25(22,23)19-7-5-18(6-8-19)4-3-16-13(21)12-11(15)14-20(17-12)9-10-24-14/h2-10H2,1H3,(H,16,21). The van der Waals surface area contributed by atoms with E-state index in [9.17, 15) is 17.6 Å². The van der Waals surface area contributed by atoms with Gasteiger partial charge in [0.2, 0.25) is 21.7 Å². The first-order valence-electron chi connectivity index (χ1n) is 8.30. The zero-order chi connectivity index (χ0) is 18.0. The van der Waals surface area contributed by atoms with Gasteiger partial charge in [-0.3, -0.25) is 9.69 Å². The van der Waals surface area contributed by atoms with Crippen molar-refractivity contribution in [2.75, 3.05) is 51.6 Å². The molecule has 0 saturated carbocycles. The van der Waals surface area contributed by atoms with E-state index in [2.05, 4.69) is 15.3 Å². The van der Waals surface area contributed by atoms with Crippen molar-refractivity contribution in [3.63, 3.8) is 0 Å². The maximum absolute atomic E-state index is 14.0. The molecule has 2 aliphatic rings. The van der Waals surface area contributed by atoms with Crippen molar-refractivity contribution in [2.24, 2.45) is 0 Å². The number of sulfonamides is 1. The van der Waals surface area contributed by atoms with E-state index >= 15 is 0 Å². The minimum atomic E-state index is -3.15. The number of nitrogens with zero attached hydrogens (tertiary/aromatic N) is 4. The summed E-state index contributed by atoms with van der Waals surface area (Å²) in [5.74, 6) is -1.19. The van der Waals surface area contributed by atoms with Gasteiger partial charge in [0.05, 0.1) is 12.3 Å². The number of amides is 1. The van der Waals surface area contributed by atoms with Gasteiger partial charge in [0.25, 0.3) is 5.91 Å². The first-order valence-corrected chi connectivity index (χ1v) is 9.90. The average Bonchev–Trinajstić information content (AvgIpc) is 3.18. The van der Waals surface area contributed by atoms with E-state index in [1.54, 1.807) is 6.92 Å². The number of hydrogen-bond acceptors (Lipinski definition) is 6. The Kier molecular flexibility index (Phi) is 5.25. The molecule has 25 heavy (non-hydrogen) atoms. The second-order valence-electron chi connectivity index (χ2n) is 5.94. The smallest absolute Gasteiger partial charge is 0.275 e. The van der Waals surface area contributed by atoms with Crippen LogP contribution in [0.4, 0.5) is 4.39 Å². The zero-order valence-electron chi connectivity index (χ0n) is 14.1. The van der Waals surface area contributed by atoms with Crippen LogP contribution in [-0.2, 0) is 16.6 Å². The van der Waals surface area contributed by atoms with E-state index in [0.717, 1.165) is 0 Å². The Labute approximate surface area is 145 Å². The molecule has 2 aliphatic heterocycles. The lowest BCUT2D eigenvalue weighted by atomic mass is 10.3. The quantitative estimate of drug-likeness (QED) is 0.693. The van der Waals surface area contributed by atoms with Crippen LogP contribution in [-0.4, -0.2) is 84.9 Å². The van der Waals surface area contributed by atoms with Crippen LogP contribution in [0.1, 0.15) is 17.4 Å². The highest BCUT2D eigenvalue weighted by atomic mass is 32.2. The third-order valence-electron chi connectivity index (χ3n) is 4.41. The van der Waals surface area contributed by atoms with Crippen molar-refractivity contribution in [1.82, 2.24) is 24.3 Å². The second-order valence-corrected chi connectivity index (χ2v) is 8.19. The van der Waals surface area contributed by atoms with E-state index in [0.29, 0.717) is 52.4 Å². The summed E-state index contributed by atoms with van der Waals surface area (Å²) in [4.78, 5) is 14.1. The van der Waals surface area contributed by atoms with E-state index < -0.39 is 21.7 Å². The molecule has 0 radical (unpaired) electrons. The minimum Gasteiger partial charge on any atom is -0.474 e.